The number of carbonyl (C=O) groups is 1. The normalized spacial score (nSPS) is 12.5. The summed E-state index contributed by atoms with van der Waals surface area (Å²) in [5.41, 5.74) is 1.51. The second-order valence-corrected chi connectivity index (χ2v) is 4.71. The molecule has 18 heavy (non-hydrogen) atoms. The summed E-state index contributed by atoms with van der Waals surface area (Å²) in [6.45, 7) is 5.72. The molecule has 0 bridgehead atoms. The van der Waals surface area contributed by atoms with Crippen LogP contribution in [-0.2, 0) is 4.79 Å². The fourth-order valence-corrected chi connectivity index (χ4v) is 2.42. The Morgan fingerprint density at radius 3 is 3.17 bits per heavy atom. The first-order valence-electron chi connectivity index (χ1n) is 5.43. The number of nitrogens with zero attached hydrogens (tertiary/aromatic N) is 3. The predicted molar refractivity (Wildman–Crippen MR) is 70.8 cm³/mol. The van der Waals surface area contributed by atoms with E-state index in [4.69, 9.17) is 5.11 Å². The number of imidazole rings is 1. The van der Waals surface area contributed by atoms with Crippen LogP contribution in [0.15, 0.2) is 36.1 Å². The maximum atomic E-state index is 10.6. The maximum Gasteiger partial charge on any atom is 0.313 e. The van der Waals surface area contributed by atoms with Crippen molar-refractivity contribution in [2.45, 2.75) is 18.1 Å². The van der Waals surface area contributed by atoms with Crippen LogP contribution < -0.4 is 0 Å². The minimum atomic E-state index is -0.863. The fourth-order valence-electron chi connectivity index (χ4n) is 1.61. The van der Waals surface area contributed by atoms with Gasteiger partial charge in [0.25, 0.3) is 0 Å². The molecule has 0 saturated carbocycles. The van der Waals surface area contributed by atoms with E-state index < -0.39 is 5.97 Å². The first-order valence-corrected chi connectivity index (χ1v) is 6.42. The standard InChI is InChI=1S/C12H13N3O2S/c1-3-8(2)15-11-9(5-4-6-13-11)14-12(15)18-7-10(16)17/h3-6,8H,1,7H2,2H3,(H,16,17). The van der Waals surface area contributed by atoms with Crippen LogP contribution in [0.1, 0.15) is 13.0 Å². The van der Waals surface area contributed by atoms with Crippen LogP contribution in [-0.4, -0.2) is 31.4 Å². The van der Waals surface area contributed by atoms with Crippen molar-refractivity contribution >= 4 is 28.9 Å². The monoisotopic (exact) mass is 263 g/mol. The fraction of sp³-hybridized carbons (Fsp3) is 0.250. The molecular formula is C12H13N3O2S. The molecule has 0 saturated heterocycles. The molecule has 2 rings (SSSR count). The number of thioether (sulfide) groups is 1. The molecule has 0 radical (unpaired) electrons. The molecule has 0 fully saturated rings. The molecule has 0 aliphatic heterocycles. The molecule has 0 aliphatic carbocycles. The van der Waals surface area contributed by atoms with Crippen LogP contribution in [0.5, 0.6) is 0 Å². The summed E-state index contributed by atoms with van der Waals surface area (Å²) in [6.07, 6.45) is 3.47. The molecule has 0 aliphatic rings. The van der Waals surface area contributed by atoms with Crippen molar-refractivity contribution in [1.82, 2.24) is 14.5 Å². The van der Waals surface area contributed by atoms with E-state index in [-0.39, 0.29) is 11.8 Å². The lowest BCUT2D eigenvalue weighted by atomic mass is 10.3. The van der Waals surface area contributed by atoms with Crippen LogP contribution in [0.2, 0.25) is 0 Å². The van der Waals surface area contributed by atoms with Gasteiger partial charge in [-0.3, -0.25) is 9.36 Å². The Labute approximate surface area is 109 Å². The van der Waals surface area contributed by atoms with Crippen LogP contribution in [0.25, 0.3) is 11.2 Å². The number of aliphatic carboxylic acids is 1. The quantitative estimate of drug-likeness (QED) is 0.662. The summed E-state index contributed by atoms with van der Waals surface area (Å²) in [7, 11) is 0. The first kappa shape index (κ1) is 12.6. The summed E-state index contributed by atoms with van der Waals surface area (Å²) >= 11 is 1.19. The number of carboxylic acid groups (broad SMARTS) is 1. The van der Waals surface area contributed by atoms with Crippen molar-refractivity contribution in [3.8, 4) is 0 Å². The Morgan fingerprint density at radius 2 is 2.50 bits per heavy atom. The van der Waals surface area contributed by atoms with E-state index in [9.17, 15) is 4.79 Å². The van der Waals surface area contributed by atoms with Crippen LogP contribution in [0, 0.1) is 0 Å². The van der Waals surface area contributed by atoms with Gasteiger partial charge in [0, 0.05) is 6.20 Å². The van der Waals surface area contributed by atoms with E-state index in [1.807, 2.05) is 23.6 Å². The van der Waals surface area contributed by atoms with Gasteiger partial charge in [-0.1, -0.05) is 17.8 Å². The molecule has 0 amide bonds. The number of pyridine rings is 1. The Morgan fingerprint density at radius 1 is 1.72 bits per heavy atom. The van der Waals surface area contributed by atoms with Gasteiger partial charge in [-0.05, 0) is 19.1 Å². The van der Waals surface area contributed by atoms with Crippen LogP contribution in [0.4, 0.5) is 0 Å². The largest absolute Gasteiger partial charge is 0.481 e. The van der Waals surface area contributed by atoms with Crippen molar-refractivity contribution in [3.63, 3.8) is 0 Å². The lowest BCUT2D eigenvalue weighted by Gasteiger charge is -2.11. The Bertz CT molecular complexity index is 594. The van der Waals surface area contributed by atoms with E-state index in [2.05, 4.69) is 16.5 Å². The summed E-state index contributed by atoms with van der Waals surface area (Å²) in [6, 6.07) is 3.68. The molecule has 0 spiro atoms. The zero-order valence-corrected chi connectivity index (χ0v) is 10.7. The smallest absolute Gasteiger partial charge is 0.313 e. The molecule has 2 aromatic rings. The van der Waals surface area contributed by atoms with Gasteiger partial charge < -0.3 is 5.11 Å². The molecule has 94 valence electrons. The summed E-state index contributed by atoms with van der Waals surface area (Å²) < 4.78 is 1.90. The molecular weight excluding hydrogens is 250 g/mol. The van der Waals surface area contributed by atoms with E-state index >= 15 is 0 Å². The number of rotatable bonds is 5. The van der Waals surface area contributed by atoms with E-state index in [1.54, 1.807) is 12.3 Å². The van der Waals surface area contributed by atoms with Gasteiger partial charge in [0.05, 0.1) is 11.8 Å². The third-order valence-corrected chi connectivity index (χ3v) is 3.43. The van der Waals surface area contributed by atoms with Crippen molar-refractivity contribution in [3.05, 3.63) is 31.0 Å². The third kappa shape index (κ3) is 2.38. The zero-order valence-electron chi connectivity index (χ0n) is 9.91. The highest BCUT2D eigenvalue weighted by Gasteiger charge is 2.16. The van der Waals surface area contributed by atoms with Crippen LogP contribution >= 0.6 is 11.8 Å². The summed E-state index contributed by atoms with van der Waals surface area (Å²) in [5.74, 6) is -0.884. The summed E-state index contributed by atoms with van der Waals surface area (Å²) in [4.78, 5) is 19.3. The molecule has 1 unspecified atom stereocenters. The second-order valence-electron chi connectivity index (χ2n) is 3.77. The summed E-state index contributed by atoms with van der Waals surface area (Å²) in [5, 5.41) is 9.39. The van der Waals surface area contributed by atoms with Crippen molar-refractivity contribution in [2.75, 3.05) is 5.75 Å². The highest BCUT2D eigenvalue weighted by Crippen LogP contribution is 2.26. The third-order valence-electron chi connectivity index (χ3n) is 2.49. The maximum absolute atomic E-state index is 10.6. The first-order chi connectivity index (χ1) is 8.63. The lowest BCUT2D eigenvalue weighted by Crippen LogP contribution is -2.06. The zero-order chi connectivity index (χ0) is 13.1. The molecule has 6 heteroatoms. The van der Waals surface area contributed by atoms with E-state index in [0.717, 1.165) is 11.2 Å². The number of hydrogen-bond acceptors (Lipinski definition) is 4. The van der Waals surface area contributed by atoms with Crippen molar-refractivity contribution in [1.29, 1.82) is 0 Å². The van der Waals surface area contributed by atoms with Gasteiger partial charge in [-0.15, -0.1) is 6.58 Å². The minimum absolute atomic E-state index is 0.0150. The number of fused-ring (bicyclic) bond motifs is 1. The van der Waals surface area contributed by atoms with Gasteiger partial charge >= 0.3 is 5.97 Å². The molecule has 2 heterocycles. The molecule has 1 atom stereocenters. The van der Waals surface area contributed by atoms with Crippen molar-refractivity contribution < 1.29 is 9.90 Å². The number of carboxylic acids is 1. The van der Waals surface area contributed by atoms with Gasteiger partial charge in [0.1, 0.15) is 5.52 Å². The Kier molecular flexibility index (Phi) is 3.66. The highest BCUT2D eigenvalue weighted by atomic mass is 32.2. The molecule has 5 nitrogen and oxygen atoms in total. The van der Waals surface area contributed by atoms with Gasteiger partial charge in [0.2, 0.25) is 0 Å². The molecule has 0 aromatic carbocycles. The number of allylic oxidation sites excluding steroid dienone is 1. The highest BCUT2D eigenvalue weighted by molar-refractivity contribution is 7.99. The lowest BCUT2D eigenvalue weighted by molar-refractivity contribution is -0.133. The number of aromatic nitrogens is 3. The minimum Gasteiger partial charge on any atom is -0.481 e. The second kappa shape index (κ2) is 5.22. The predicted octanol–water partition coefficient (Wildman–Crippen LogP) is 2.36. The van der Waals surface area contributed by atoms with E-state index in [1.165, 1.54) is 11.8 Å². The SMILES string of the molecule is C=CC(C)n1c(SCC(=O)O)nc2cccnc21. The Balaban J connectivity index is 2.49. The van der Waals surface area contributed by atoms with Gasteiger partial charge in [-0.25, -0.2) is 9.97 Å². The van der Waals surface area contributed by atoms with E-state index in [0.29, 0.717) is 5.16 Å². The van der Waals surface area contributed by atoms with Gasteiger partial charge in [-0.2, -0.15) is 0 Å². The van der Waals surface area contributed by atoms with Gasteiger partial charge in [0.15, 0.2) is 10.8 Å². The topological polar surface area (TPSA) is 68.0 Å². The molecule has 1 N–H and O–H groups in total. The number of hydrogen-bond donors (Lipinski definition) is 1. The average molecular weight is 263 g/mol. The molecule has 2 aromatic heterocycles. The average Bonchev–Trinajstić information content (AvgIpc) is 2.73. The van der Waals surface area contributed by atoms with Crippen molar-refractivity contribution in [2.24, 2.45) is 0 Å². The van der Waals surface area contributed by atoms with Crippen LogP contribution in [0.3, 0.4) is 0 Å². The Hall–Kier alpha value is -1.82.